The van der Waals surface area contributed by atoms with E-state index in [0.717, 1.165) is 11.1 Å². The lowest BCUT2D eigenvalue weighted by atomic mass is 9.95. The molecule has 0 bridgehead atoms. The summed E-state index contributed by atoms with van der Waals surface area (Å²) in [6.45, 7) is 1.70. The molecule has 1 aromatic heterocycles. The van der Waals surface area contributed by atoms with Crippen molar-refractivity contribution in [3.63, 3.8) is 0 Å². The second kappa shape index (κ2) is 14.2. The molecular formula is C31H37N3O7S. The molecule has 10 nitrogen and oxygen atoms in total. The van der Waals surface area contributed by atoms with Crippen LogP contribution in [-0.2, 0) is 22.6 Å². The fourth-order valence-electron chi connectivity index (χ4n) is 5.23. The zero-order valence-electron chi connectivity index (χ0n) is 24.5. The van der Waals surface area contributed by atoms with Crippen molar-refractivity contribution in [3.05, 3.63) is 69.8 Å². The quantitative estimate of drug-likeness (QED) is 0.281. The number of anilines is 1. The van der Waals surface area contributed by atoms with Gasteiger partial charge in [0, 0.05) is 12.5 Å². The maximum absolute atomic E-state index is 13.7. The van der Waals surface area contributed by atoms with Crippen LogP contribution in [0.2, 0.25) is 0 Å². The van der Waals surface area contributed by atoms with E-state index in [1.165, 1.54) is 13.0 Å². The van der Waals surface area contributed by atoms with E-state index in [4.69, 9.17) is 18.6 Å². The Hall–Kier alpha value is -4.12. The van der Waals surface area contributed by atoms with Crippen LogP contribution < -0.4 is 35.6 Å². The third kappa shape index (κ3) is 6.84. The third-order valence-corrected chi connectivity index (χ3v) is 7.83. The zero-order chi connectivity index (χ0) is 30.2. The molecule has 3 N–H and O–H groups in total. The number of fused-ring (bicyclic) bond motifs is 3. The van der Waals surface area contributed by atoms with Gasteiger partial charge in [0.2, 0.25) is 23.0 Å². The molecule has 1 aliphatic rings. The lowest BCUT2D eigenvalue weighted by Gasteiger charge is -2.19. The number of hydrogen-bond donors (Lipinski definition) is 3. The molecule has 42 heavy (non-hydrogen) atoms. The molecule has 0 unspecified atom stereocenters. The average Bonchev–Trinajstić information content (AvgIpc) is 3.40. The molecule has 2 aromatic carbocycles. The molecule has 0 saturated carbocycles. The number of amides is 2. The molecule has 1 heterocycles. The second-order valence-electron chi connectivity index (χ2n) is 9.87. The van der Waals surface area contributed by atoms with Crippen LogP contribution in [0.3, 0.4) is 0 Å². The lowest BCUT2D eigenvalue weighted by Crippen LogP contribution is -2.40. The highest BCUT2D eigenvalue weighted by molar-refractivity contribution is 7.98. The summed E-state index contributed by atoms with van der Waals surface area (Å²) >= 11 is 1.61. The molecule has 0 spiro atoms. The van der Waals surface area contributed by atoms with Crippen molar-refractivity contribution >= 4 is 29.3 Å². The van der Waals surface area contributed by atoms with Gasteiger partial charge in [-0.2, -0.15) is 11.8 Å². The number of hydrogen-bond acceptors (Lipinski definition) is 9. The number of carbonyl (C=O) groups excluding carboxylic acids is 2. The Balaban J connectivity index is 1.81. The summed E-state index contributed by atoms with van der Waals surface area (Å²) in [5.41, 5.74) is 3.02. The molecule has 0 radical (unpaired) electrons. The molecule has 1 aliphatic carbocycles. The highest BCUT2D eigenvalue weighted by Gasteiger charge is 2.30. The van der Waals surface area contributed by atoms with Crippen molar-refractivity contribution in [2.45, 2.75) is 44.8 Å². The first-order valence-corrected chi connectivity index (χ1v) is 15.0. The van der Waals surface area contributed by atoms with Gasteiger partial charge in [-0.3, -0.25) is 14.4 Å². The Kier molecular flexibility index (Phi) is 10.4. The summed E-state index contributed by atoms with van der Waals surface area (Å²) in [5.74, 6) is 2.33. The summed E-state index contributed by atoms with van der Waals surface area (Å²) < 4.78 is 22.4. The average molecular weight is 596 g/mol. The number of carbonyl (C=O) groups is 2. The fourth-order valence-corrected chi connectivity index (χ4v) is 5.70. The minimum Gasteiger partial charge on any atom is -0.493 e. The molecular weight excluding hydrogens is 558 g/mol. The maximum atomic E-state index is 13.7. The molecule has 3 aromatic rings. The zero-order valence-corrected chi connectivity index (χ0v) is 25.3. The smallest absolute Gasteiger partial charge is 0.242 e. The van der Waals surface area contributed by atoms with Crippen LogP contribution in [0.1, 0.15) is 42.7 Å². The van der Waals surface area contributed by atoms with Crippen LogP contribution in [0.5, 0.6) is 17.2 Å². The number of rotatable bonds is 12. The molecule has 224 valence electrons. The van der Waals surface area contributed by atoms with Gasteiger partial charge in [0.25, 0.3) is 0 Å². The number of nitrogens with one attached hydrogen (secondary N) is 3. The van der Waals surface area contributed by atoms with E-state index in [9.17, 15) is 14.4 Å². The monoisotopic (exact) mass is 595 g/mol. The van der Waals surface area contributed by atoms with Crippen molar-refractivity contribution in [2.24, 2.45) is 0 Å². The molecule has 11 heteroatoms. The number of furan rings is 1. The molecule has 0 fully saturated rings. The maximum Gasteiger partial charge on any atom is 0.242 e. The number of benzene rings is 1. The number of thioether (sulfide) groups is 1. The Morgan fingerprint density at radius 1 is 1.10 bits per heavy atom. The van der Waals surface area contributed by atoms with Crippen LogP contribution >= 0.6 is 11.8 Å². The van der Waals surface area contributed by atoms with E-state index in [2.05, 4.69) is 16.0 Å². The van der Waals surface area contributed by atoms with Gasteiger partial charge in [-0.1, -0.05) is 6.07 Å². The summed E-state index contributed by atoms with van der Waals surface area (Å²) in [5, 5.41) is 9.08. The summed E-state index contributed by atoms with van der Waals surface area (Å²) in [6.07, 6.45) is 5.17. The number of methoxy groups -OCH3 is 3. The van der Waals surface area contributed by atoms with Crippen LogP contribution in [0.4, 0.5) is 5.69 Å². The van der Waals surface area contributed by atoms with Gasteiger partial charge in [-0.25, -0.2) is 0 Å². The van der Waals surface area contributed by atoms with Gasteiger partial charge in [0.1, 0.15) is 11.8 Å². The lowest BCUT2D eigenvalue weighted by molar-refractivity contribution is -0.122. The summed E-state index contributed by atoms with van der Waals surface area (Å²) in [6, 6.07) is 9.42. The van der Waals surface area contributed by atoms with Crippen LogP contribution in [0, 0.1) is 0 Å². The number of ether oxygens (including phenoxy) is 3. The first kappa shape index (κ1) is 30.8. The highest BCUT2D eigenvalue weighted by atomic mass is 32.2. The normalized spacial score (nSPS) is 14.5. The first-order chi connectivity index (χ1) is 20.3. The Bertz CT molecular complexity index is 1480. The van der Waals surface area contributed by atoms with Crippen molar-refractivity contribution < 1.29 is 28.2 Å². The van der Waals surface area contributed by atoms with Gasteiger partial charge < -0.3 is 34.6 Å². The van der Waals surface area contributed by atoms with Crippen LogP contribution in [0.15, 0.2) is 51.9 Å². The van der Waals surface area contributed by atoms with Gasteiger partial charge in [-0.05, 0) is 78.3 Å². The largest absolute Gasteiger partial charge is 0.493 e. The molecule has 2 atom stereocenters. The fraction of sp³-hybridized carbons (Fsp3) is 0.387. The van der Waals surface area contributed by atoms with E-state index in [0.29, 0.717) is 59.2 Å². The van der Waals surface area contributed by atoms with Crippen molar-refractivity contribution in [2.75, 3.05) is 38.7 Å². The first-order valence-electron chi connectivity index (χ1n) is 13.6. The standard InChI is InChI=1S/C31H37N3O7S/c1-18(35)33-23-10-8-19-15-27(38-2)29(39-3)30(40-4)28(19)21-9-11-24(26(36)16-22(21)23)34-25(12-14-42-5)31(37)32-17-20-7-6-13-41-20/h6-7,9,11,13,15-16,23,25H,8,10,12,14,17H2,1-5H3,(H,32,37)(H,33,35)(H,34,36)/t23-,25+/m0/s1. The molecule has 0 saturated heterocycles. The van der Waals surface area contributed by atoms with Gasteiger partial charge >= 0.3 is 0 Å². The van der Waals surface area contributed by atoms with Crippen LogP contribution in [0.25, 0.3) is 11.1 Å². The van der Waals surface area contributed by atoms with E-state index >= 15 is 0 Å². The Labute approximate surface area is 249 Å². The second-order valence-corrected chi connectivity index (χ2v) is 10.9. The topological polar surface area (TPSA) is 128 Å². The van der Waals surface area contributed by atoms with E-state index in [1.54, 1.807) is 57.6 Å². The minimum absolute atomic E-state index is 0.207. The van der Waals surface area contributed by atoms with Crippen molar-refractivity contribution in [3.8, 4) is 28.4 Å². The van der Waals surface area contributed by atoms with Crippen molar-refractivity contribution in [1.29, 1.82) is 0 Å². The highest BCUT2D eigenvalue weighted by Crippen LogP contribution is 2.50. The number of aryl methyl sites for hydroxylation is 1. The van der Waals surface area contributed by atoms with Gasteiger partial charge in [-0.15, -0.1) is 0 Å². The third-order valence-electron chi connectivity index (χ3n) is 7.19. The van der Waals surface area contributed by atoms with E-state index < -0.39 is 12.1 Å². The minimum atomic E-state index is -0.653. The predicted molar refractivity (Wildman–Crippen MR) is 164 cm³/mol. The van der Waals surface area contributed by atoms with Crippen molar-refractivity contribution in [1.82, 2.24) is 10.6 Å². The Morgan fingerprint density at radius 3 is 2.52 bits per heavy atom. The van der Waals surface area contributed by atoms with Crippen LogP contribution in [-0.4, -0.2) is 51.2 Å². The SMILES string of the molecule is COc1cc2c(c(OC)c1OC)-c1ccc(N[C@H](CCSC)C(=O)NCc3ccco3)c(=O)cc1[C@@H](NC(C)=O)CC2. The summed E-state index contributed by atoms with van der Waals surface area (Å²) in [7, 11) is 4.66. The Morgan fingerprint density at radius 2 is 1.88 bits per heavy atom. The summed E-state index contributed by atoms with van der Waals surface area (Å²) in [4.78, 5) is 39.1. The van der Waals surface area contributed by atoms with E-state index in [-0.39, 0.29) is 29.5 Å². The molecule has 2 amide bonds. The molecule has 0 aliphatic heterocycles. The predicted octanol–water partition coefficient (Wildman–Crippen LogP) is 4.31. The van der Waals surface area contributed by atoms with Gasteiger partial charge in [0.05, 0.1) is 45.9 Å². The van der Waals surface area contributed by atoms with Gasteiger partial charge in [0.15, 0.2) is 11.5 Å². The van der Waals surface area contributed by atoms with E-state index in [1.807, 2.05) is 18.4 Å². The molecule has 4 rings (SSSR count).